The Bertz CT molecular complexity index is 2980. The van der Waals surface area contributed by atoms with E-state index in [0.29, 0.717) is 12.0 Å². The summed E-state index contributed by atoms with van der Waals surface area (Å²) in [6.45, 7) is 0. The van der Waals surface area contributed by atoms with Crippen molar-refractivity contribution in [3.8, 4) is 0 Å². The topological polar surface area (TPSA) is 19.6 Å². The normalized spacial score (nSPS) is 21.1. The highest BCUT2D eigenvalue weighted by atomic mass is 32.1. The maximum Gasteiger partial charge on any atom is 0.134 e. The van der Waals surface area contributed by atoms with Gasteiger partial charge in [-0.2, -0.15) is 0 Å². The summed E-state index contributed by atoms with van der Waals surface area (Å²) in [6.07, 6.45) is 20.3. The molecule has 0 saturated heterocycles. The van der Waals surface area contributed by atoms with Crippen LogP contribution in [0.15, 0.2) is 174 Å². The molecule has 6 aromatic carbocycles. The molecule has 0 N–H and O–H groups in total. The van der Waals surface area contributed by atoms with Crippen molar-refractivity contribution in [3.05, 3.63) is 192 Å². The maximum atomic E-state index is 6.55. The van der Waals surface area contributed by atoms with E-state index in [1.807, 2.05) is 11.3 Å². The molecule has 270 valence electrons. The van der Waals surface area contributed by atoms with Gasteiger partial charge in [0.05, 0.1) is 12.1 Å². The molecule has 56 heavy (non-hydrogen) atoms. The van der Waals surface area contributed by atoms with Crippen molar-refractivity contribution in [2.45, 2.75) is 49.7 Å². The van der Waals surface area contributed by atoms with Gasteiger partial charge in [0.2, 0.25) is 0 Å². The molecule has 0 fully saturated rings. The fourth-order valence-corrected chi connectivity index (χ4v) is 11.4. The van der Waals surface area contributed by atoms with Crippen LogP contribution in [0.2, 0.25) is 0 Å². The van der Waals surface area contributed by atoms with E-state index in [9.17, 15) is 0 Å². The van der Waals surface area contributed by atoms with E-state index in [1.165, 1.54) is 75.7 Å². The average molecular weight is 741 g/mol. The lowest BCUT2D eigenvalue weighted by atomic mass is 9.86. The van der Waals surface area contributed by atoms with Gasteiger partial charge in [0.15, 0.2) is 0 Å². The Morgan fingerprint density at radius 2 is 1.55 bits per heavy atom. The van der Waals surface area contributed by atoms with Crippen LogP contribution < -0.4 is 9.80 Å². The van der Waals surface area contributed by atoms with E-state index >= 15 is 0 Å². The van der Waals surface area contributed by atoms with E-state index in [2.05, 4.69) is 180 Å². The van der Waals surface area contributed by atoms with Crippen molar-refractivity contribution in [2.75, 3.05) is 9.80 Å². The molecule has 3 heterocycles. The van der Waals surface area contributed by atoms with E-state index in [-0.39, 0.29) is 12.1 Å². The molecule has 0 spiro atoms. The molecular weight excluding hydrogens is 701 g/mol. The van der Waals surface area contributed by atoms with Gasteiger partial charge in [-0.3, -0.25) is 0 Å². The Morgan fingerprint density at radius 3 is 2.46 bits per heavy atom. The first kappa shape index (κ1) is 32.2. The molecule has 0 bridgehead atoms. The van der Waals surface area contributed by atoms with Crippen LogP contribution in [-0.4, -0.2) is 18.1 Å². The zero-order valence-corrected chi connectivity index (χ0v) is 31.8. The first-order chi connectivity index (χ1) is 27.7. The fraction of sp³-hybridized carbons (Fsp3) is 0.154. The van der Waals surface area contributed by atoms with Crippen molar-refractivity contribution >= 4 is 75.9 Å². The minimum absolute atomic E-state index is 0.263. The highest BCUT2D eigenvalue weighted by Gasteiger charge is 2.40. The van der Waals surface area contributed by atoms with Gasteiger partial charge < -0.3 is 14.2 Å². The Kier molecular flexibility index (Phi) is 7.31. The largest absolute Gasteiger partial charge is 0.461 e. The van der Waals surface area contributed by atoms with Gasteiger partial charge in [-0.25, -0.2) is 0 Å². The van der Waals surface area contributed by atoms with Crippen LogP contribution in [0.3, 0.4) is 0 Å². The Labute approximate surface area is 330 Å². The molecular formula is C52H40N2OS. The number of rotatable bonds is 5. The summed E-state index contributed by atoms with van der Waals surface area (Å²) < 4.78 is 9.22. The number of nitrogens with zero attached hydrogens (tertiary/aromatic N) is 2. The van der Waals surface area contributed by atoms with Crippen LogP contribution in [0.1, 0.15) is 41.2 Å². The van der Waals surface area contributed by atoms with E-state index < -0.39 is 0 Å². The zero-order chi connectivity index (χ0) is 36.7. The van der Waals surface area contributed by atoms with Gasteiger partial charge in [-0.05, 0) is 89.2 Å². The molecule has 0 radical (unpaired) electrons. The van der Waals surface area contributed by atoms with Gasteiger partial charge in [-0.1, -0.05) is 127 Å². The second-order valence-electron chi connectivity index (χ2n) is 15.8. The highest BCUT2D eigenvalue weighted by molar-refractivity contribution is 7.26. The Balaban J connectivity index is 0.931. The fourth-order valence-electron chi connectivity index (χ4n) is 10.2. The molecule has 4 atom stereocenters. The lowest BCUT2D eigenvalue weighted by molar-refractivity contribution is 0.465. The average Bonchev–Trinajstić information content (AvgIpc) is 3.93. The second-order valence-corrected chi connectivity index (χ2v) is 16.9. The van der Waals surface area contributed by atoms with E-state index in [0.717, 1.165) is 37.0 Å². The number of furan rings is 1. The number of benzene rings is 6. The van der Waals surface area contributed by atoms with E-state index in [4.69, 9.17) is 4.42 Å². The minimum Gasteiger partial charge on any atom is -0.461 e. The van der Waals surface area contributed by atoms with Crippen molar-refractivity contribution in [2.24, 2.45) is 0 Å². The summed E-state index contributed by atoms with van der Waals surface area (Å²) in [6, 6.07) is 48.3. The SMILES string of the molecule is C1=CCC(N2c3ccccc3C3C=CC(c4ccc(N(c5ccc6c(c5)sc5ccc7ccccc7c56)C5CCc6c(oc7ccccc67)C5)cc4)=CC32)C=C1. The molecule has 4 unspecified atom stereocenters. The van der Waals surface area contributed by atoms with Crippen molar-refractivity contribution < 1.29 is 4.42 Å². The monoisotopic (exact) mass is 740 g/mol. The molecule has 1 aliphatic heterocycles. The number of thiophene rings is 1. The minimum atomic E-state index is 0.263. The second kappa shape index (κ2) is 12.7. The van der Waals surface area contributed by atoms with Crippen LogP contribution in [0.25, 0.3) is 47.5 Å². The molecule has 4 aliphatic rings. The van der Waals surface area contributed by atoms with Gasteiger partial charge in [-0.15, -0.1) is 11.3 Å². The third-order valence-electron chi connectivity index (χ3n) is 12.8. The van der Waals surface area contributed by atoms with Crippen molar-refractivity contribution in [1.29, 1.82) is 0 Å². The third-order valence-corrected chi connectivity index (χ3v) is 13.9. The molecule has 0 amide bonds. The molecule has 12 rings (SSSR count). The maximum absolute atomic E-state index is 6.55. The molecule has 8 aromatic rings. The van der Waals surface area contributed by atoms with Crippen LogP contribution in [0.4, 0.5) is 17.1 Å². The standard InChI is InChI=1S/C52H40N2OS/c1-2-11-36(12-3-1)54-46-16-8-6-14-41(46)42-26-20-35(30-47(42)54)33-18-22-37(23-19-33)53(38-24-27-44-43-15-7-9-17-48(43)55-49(44)31-38)39-25-28-45-51(32-39)56-50-29-21-34-10-4-5-13-40(34)52(45)50/h1-11,13-23,25-26,28-30,32,36,38,42,47H,12,24,27,31H2. The lowest BCUT2D eigenvalue weighted by Crippen LogP contribution is -2.41. The van der Waals surface area contributed by atoms with Crippen LogP contribution >= 0.6 is 11.3 Å². The summed E-state index contributed by atoms with van der Waals surface area (Å²) in [4.78, 5) is 5.25. The van der Waals surface area contributed by atoms with Gasteiger partial charge >= 0.3 is 0 Å². The first-order valence-electron chi connectivity index (χ1n) is 20.1. The Morgan fingerprint density at radius 1 is 0.714 bits per heavy atom. The molecule has 2 aromatic heterocycles. The molecule has 0 saturated carbocycles. The van der Waals surface area contributed by atoms with Crippen molar-refractivity contribution in [3.63, 3.8) is 0 Å². The molecule has 3 aliphatic carbocycles. The number of para-hydroxylation sites is 2. The van der Waals surface area contributed by atoms with E-state index in [1.54, 1.807) is 0 Å². The van der Waals surface area contributed by atoms with Crippen LogP contribution in [-0.2, 0) is 12.8 Å². The van der Waals surface area contributed by atoms with Crippen LogP contribution in [0.5, 0.6) is 0 Å². The Hall–Kier alpha value is -6.10. The predicted molar refractivity (Wildman–Crippen MR) is 237 cm³/mol. The number of hydrogen-bond donors (Lipinski definition) is 0. The summed E-state index contributed by atoms with van der Waals surface area (Å²) >= 11 is 1.90. The highest BCUT2D eigenvalue weighted by Crippen LogP contribution is 2.48. The molecule has 3 nitrogen and oxygen atoms in total. The predicted octanol–water partition coefficient (Wildman–Crippen LogP) is 13.5. The van der Waals surface area contributed by atoms with Gasteiger partial charge in [0.25, 0.3) is 0 Å². The summed E-state index contributed by atoms with van der Waals surface area (Å²) in [5, 5.41) is 6.59. The van der Waals surface area contributed by atoms with Crippen LogP contribution in [0, 0.1) is 0 Å². The number of hydrogen-bond acceptors (Lipinski definition) is 4. The summed E-state index contributed by atoms with van der Waals surface area (Å²) in [5.41, 5.74) is 10.2. The van der Waals surface area contributed by atoms with Gasteiger partial charge in [0, 0.05) is 66.6 Å². The number of anilines is 3. The van der Waals surface area contributed by atoms with Crippen molar-refractivity contribution in [1.82, 2.24) is 0 Å². The summed E-state index contributed by atoms with van der Waals surface area (Å²) in [5.74, 6) is 1.50. The zero-order valence-electron chi connectivity index (χ0n) is 31.0. The lowest BCUT2D eigenvalue weighted by Gasteiger charge is -2.36. The summed E-state index contributed by atoms with van der Waals surface area (Å²) in [7, 11) is 0. The third kappa shape index (κ3) is 5.02. The smallest absolute Gasteiger partial charge is 0.134 e. The molecule has 4 heteroatoms. The quantitative estimate of drug-likeness (QED) is 0.175. The number of fused-ring (bicyclic) bond motifs is 11. The first-order valence-corrected chi connectivity index (χ1v) is 20.9. The van der Waals surface area contributed by atoms with Gasteiger partial charge in [0.1, 0.15) is 11.3 Å². The number of allylic oxidation sites excluding steroid dienone is 4. The number of aryl methyl sites for hydroxylation is 1.